The molecule has 13 atom stereocenters. The lowest BCUT2D eigenvalue weighted by Crippen LogP contribution is -2.38. The van der Waals surface area contributed by atoms with Gasteiger partial charge in [0.15, 0.2) is 23.6 Å². The van der Waals surface area contributed by atoms with Gasteiger partial charge in [0, 0.05) is 62.6 Å². The van der Waals surface area contributed by atoms with Crippen molar-refractivity contribution in [1.82, 2.24) is 38.6 Å². The third kappa shape index (κ3) is 15.3. The molecule has 3 aliphatic rings. The molecule has 0 aromatic carbocycles. The topological polar surface area (TPSA) is 346 Å². The van der Waals surface area contributed by atoms with E-state index in [4.69, 9.17) is 58.0 Å². The van der Waals surface area contributed by atoms with Gasteiger partial charge in [0.1, 0.15) is 31.0 Å². The first kappa shape index (κ1) is 63.6. The number of nitrogens with zero attached hydrogens (tertiary/aromatic N) is 6. The Bertz CT molecular complexity index is 3080. The summed E-state index contributed by atoms with van der Waals surface area (Å²) in [6.45, 7) is 20.2. The number of nitrogens with one attached hydrogen (secondary N) is 4. The summed E-state index contributed by atoms with van der Waals surface area (Å²) < 4.78 is 82.8. The molecule has 80 heavy (non-hydrogen) atoms. The van der Waals surface area contributed by atoms with Crippen LogP contribution >= 0.6 is 7.82 Å². The van der Waals surface area contributed by atoms with Gasteiger partial charge in [0.05, 0.1) is 77.4 Å². The van der Waals surface area contributed by atoms with Crippen LogP contribution in [0.5, 0.6) is 0 Å². The second-order valence-electron chi connectivity index (χ2n) is 19.9. The van der Waals surface area contributed by atoms with Crippen molar-refractivity contribution in [2.24, 2.45) is 23.7 Å². The van der Waals surface area contributed by atoms with Crippen molar-refractivity contribution in [3.05, 3.63) is 93.3 Å². The number of aliphatic hydroxyl groups excluding tert-OH is 1. The second-order valence-corrected chi connectivity index (χ2v) is 21.5. The Morgan fingerprint density at radius 3 is 1.84 bits per heavy atom. The van der Waals surface area contributed by atoms with Crippen molar-refractivity contribution < 1.29 is 65.9 Å². The number of imidazole rings is 1. The van der Waals surface area contributed by atoms with Crippen LogP contribution in [0.2, 0.25) is 0 Å². The number of amides is 1. The summed E-state index contributed by atoms with van der Waals surface area (Å²) in [5, 5.41) is 12.0. The van der Waals surface area contributed by atoms with Crippen LogP contribution in [0.3, 0.4) is 0 Å². The summed E-state index contributed by atoms with van der Waals surface area (Å²) in [6, 6.07) is -0.556. The van der Waals surface area contributed by atoms with Crippen LogP contribution in [-0.2, 0) is 60.8 Å². The fourth-order valence-corrected chi connectivity index (χ4v) is 11.0. The molecule has 1 saturated carbocycles. The molecule has 0 radical (unpaired) electrons. The molecule has 3 fully saturated rings. The lowest BCUT2D eigenvalue weighted by atomic mass is 10.0. The zero-order chi connectivity index (χ0) is 58.4. The average molecular weight is 1150 g/mol. The Kier molecular flexibility index (Phi) is 23.4. The second kappa shape index (κ2) is 29.4. The Hall–Kier alpha value is -5.58. The van der Waals surface area contributed by atoms with Gasteiger partial charge in [-0.1, -0.05) is 41.0 Å². The first-order valence-corrected chi connectivity index (χ1v) is 27.8. The lowest BCUT2D eigenvalue weighted by Gasteiger charge is -2.30. The fourth-order valence-electron chi connectivity index (χ4n) is 9.56. The predicted molar refractivity (Wildman–Crippen MR) is 285 cm³/mol. The number of phosphoric acid groups is 1. The van der Waals surface area contributed by atoms with Gasteiger partial charge in [-0.05, 0) is 26.2 Å². The standard InChI is InChI=1S/C36H53N8O13P.C14H22N2O6/c1-9-23-16-24(44-19-38-26-30(44)39-35(41-33(26)47)40-31(45)20(2)3)29(53-15-13-51-8)28(23)57-58(49,54-11-10-37-6)55-18-25-22(5)27(52-14-12-50-7)34(56-25)43-17-21(4)32(46)42-36(43)48;1-8-6-16(14(19)15-12(8)18)13-11(21-5-4-20-3)9(2)10(7-17)22-13/h17,19-20,22-25,27-29,34H,9-16,18H2,1-5,7-8H3,(H,42,46,48)(H2,39,40,41,45,47);6,9-11,13,17H,4-5,7H2,1-3H3,(H,15,18,19)/t22-,23?,24?,25+,27?,28?,29?,34+,58?;9-,10+,11?,13+/m00/s1. The number of methoxy groups -OCH3 is 3. The van der Waals surface area contributed by atoms with Crippen molar-refractivity contribution in [2.75, 3.05) is 92.7 Å². The molecule has 1 amide bonds. The molecule has 2 aliphatic heterocycles. The molecule has 0 spiro atoms. The summed E-state index contributed by atoms with van der Waals surface area (Å²) in [4.78, 5) is 93.4. The Balaban J connectivity index is 0.000000390. The van der Waals surface area contributed by atoms with Crippen LogP contribution in [0.4, 0.5) is 5.95 Å². The molecular weight excluding hydrogens is 1080 g/mol. The first-order valence-electron chi connectivity index (χ1n) is 26.3. The zero-order valence-corrected chi connectivity index (χ0v) is 47.5. The molecule has 1 aliphatic carbocycles. The molecule has 444 valence electrons. The van der Waals surface area contributed by atoms with E-state index in [1.54, 1.807) is 39.4 Å². The largest absolute Gasteiger partial charge is 0.475 e. The van der Waals surface area contributed by atoms with Crippen molar-refractivity contribution in [3.63, 3.8) is 0 Å². The van der Waals surface area contributed by atoms with Gasteiger partial charge in [-0.25, -0.2) is 25.7 Å². The number of anilines is 1. The van der Waals surface area contributed by atoms with E-state index in [0.29, 0.717) is 31.6 Å². The minimum absolute atomic E-state index is 0.0415. The lowest BCUT2D eigenvalue weighted by molar-refractivity contribution is -0.118. The number of aromatic amines is 3. The Labute approximate surface area is 460 Å². The predicted octanol–water partition coefficient (Wildman–Crippen LogP) is 1.99. The highest BCUT2D eigenvalue weighted by Crippen LogP contribution is 2.56. The normalized spacial score (nSPS) is 26.3. The molecule has 4 aromatic rings. The Morgan fingerprint density at radius 1 is 0.787 bits per heavy atom. The van der Waals surface area contributed by atoms with Gasteiger partial charge in [0.25, 0.3) is 16.7 Å². The van der Waals surface area contributed by atoms with Crippen LogP contribution in [0.1, 0.15) is 77.1 Å². The molecule has 2 saturated heterocycles. The summed E-state index contributed by atoms with van der Waals surface area (Å²) in [6.07, 6.45) is -0.546. The van der Waals surface area contributed by atoms with Crippen LogP contribution in [-0.4, -0.2) is 174 Å². The molecule has 6 heterocycles. The number of carbonyl (C=O) groups is 1. The van der Waals surface area contributed by atoms with Gasteiger partial charge in [-0.3, -0.25) is 62.2 Å². The van der Waals surface area contributed by atoms with Crippen LogP contribution in [0, 0.1) is 44.1 Å². The highest BCUT2D eigenvalue weighted by Gasteiger charge is 2.51. The minimum atomic E-state index is -4.51. The third-order valence-corrected chi connectivity index (χ3v) is 15.6. The van der Waals surface area contributed by atoms with Crippen LogP contribution in [0.25, 0.3) is 16.0 Å². The summed E-state index contributed by atoms with van der Waals surface area (Å²) in [5.74, 6) is -1.60. The number of ether oxygens (including phenoxy) is 8. The monoisotopic (exact) mass is 1150 g/mol. The van der Waals surface area contributed by atoms with E-state index >= 15 is 0 Å². The van der Waals surface area contributed by atoms with Crippen LogP contribution in [0.15, 0.2) is 42.7 Å². The van der Waals surface area contributed by atoms with Gasteiger partial charge >= 0.3 is 19.2 Å². The number of H-pyrrole nitrogens is 3. The third-order valence-electron chi connectivity index (χ3n) is 14.1. The van der Waals surface area contributed by atoms with Crippen molar-refractivity contribution >= 4 is 30.8 Å². The molecule has 7 rings (SSSR count). The molecule has 29 nitrogen and oxygen atoms in total. The van der Waals surface area contributed by atoms with Crippen molar-refractivity contribution in [2.45, 2.75) is 116 Å². The van der Waals surface area contributed by atoms with Crippen molar-refractivity contribution in [1.29, 1.82) is 0 Å². The number of carbonyl (C=O) groups excluding carboxylic acids is 1. The number of aromatic nitrogens is 8. The van der Waals surface area contributed by atoms with Crippen LogP contribution < -0.4 is 33.4 Å². The highest BCUT2D eigenvalue weighted by molar-refractivity contribution is 7.48. The Morgan fingerprint density at radius 2 is 1.32 bits per heavy atom. The van der Waals surface area contributed by atoms with E-state index in [1.807, 2.05) is 20.8 Å². The molecule has 7 unspecified atom stereocenters. The summed E-state index contributed by atoms with van der Waals surface area (Å²) >= 11 is 0. The van der Waals surface area contributed by atoms with E-state index in [1.165, 1.54) is 42.1 Å². The maximum absolute atomic E-state index is 14.7. The smallest absolute Gasteiger partial charge is 0.394 e. The summed E-state index contributed by atoms with van der Waals surface area (Å²) in [7, 11) is 0.108. The fraction of sp³-hybridized carbons (Fsp3) is 0.700. The number of hydrogen-bond acceptors (Lipinski definition) is 21. The maximum Gasteiger partial charge on any atom is 0.475 e. The number of aliphatic hydroxyl groups is 1. The number of rotatable bonds is 27. The first-order chi connectivity index (χ1) is 38.2. The quantitative estimate of drug-likeness (QED) is 0.0324. The van der Waals surface area contributed by atoms with E-state index in [0.717, 1.165) is 0 Å². The van der Waals surface area contributed by atoms with E-state index in [2.05, 4.69) is 35.1 Å². The van der Waals surface area contributed by atoms with Gasteiger partial charge in [0.2, 0.25) is 18.4 Å². The number of aryl methyl sites for hydroxylation is 2. The molecule has 0 bridgehead atoms. The number of hydrogen-bond donors (Lipinski definition) is 5. The molecular formula is C50H75N10O19P. The SMILES string of the molecule is COCCOC1[C@@H](C)[C@@H](CO)O[C@H]1n1cc(C)c(=O)[nH]c1=O.[C-]#[N+]CCOP(=O)(OC[C@H]1O[C@@H](n2cc(C)c(=O)[nH]c2=O)C(OCCOC)[C@H]1C)OC1C(CC)CC(n2cnc3c(=O)[nH]c(NC(=O)C(C)C)nc32)C1OCCOC. The molecule has 5 N–H and O–H groups in total. The van der Waals surface area contributed by atoms with E-state index in [9.17, 15) is 38.4 Å². The van der Waals surface area contributed by atoms with E-state index < -0.39 is 96.9 Å². The van der Waals surface area contributed by atoms with Gasteiger partial charge < -0.3 is 52.4 Å². The molecule has 30 heteroatoms. The number of fused-ring (bicyclic) bond motifs is 1. The highest BCUT2D eigenvalue weighted by atomic mass is 31.2. The minimum Gasteiger partial charge on any atom is -0.394 e. The van der Waals surface area contributed by atoms with E-state index in [-0.39, 0.29) is 99.1 Å². The summed E-state index contributed by atoms with van der Waals surface area (Å²) in [5.41, 5.74) is -1.86. The zero-order valence-electron chi connectivity index (χ0n) is 46.6. The van der Waals surface area contributed by atoms with Gasteiger partial charge in [-0.2, -0.15) is 4.98 Å². The van der Waals surface area contributed by atoms with Gasteiger partial charge in [-0.15, -0.1) is 0 Å². The number of phosphoric ester groups is 1. The maximum atomic E-state index is 14.7. The van der Waals surface area contributed by atoms with Crippen molar-refractivity contribution in [3.8, 4) is 0 Å². The average Bonchev–Trinajstić information content (AvgIpc) is 4.32. The molecule has 4 aromatic heterocycles.